The lowest BCUT2D eigenvalue weighted by Crippen LogP contribution is -2.10. The van der Waals surface area contributed by atoms with Crippen LogP contribution in [0.3, 0.4) is 0 Å². The molecule has 3 nitrogen and oxygen atoms in total. The summed E-state index contributed by atoms with van der Waals surface area (Å²) in [6.45, 7) is 3.27. The molecule has 1 aromatic carbocycles. The van der Waals surface area contributed by atoms with Gasteiger partial charge in [0.15, 0.2) is 0 Å². The maximum absolute atomic E-state index is 11.6. The van der Waals surface area contributed by atoms with Crippen molar-refractivity contribution in [2.24, 2.45) is 0 Å². The van der Waals surface area contributed by atoms with Gasteiger partial charge in [-0.1, -0.05) is 18.2 Å². The van der Waals surface area contributed by atoms with Gasteiger partial charge in [-0.05, 0) is 37.5 Å². The van der Waals surface area contributed by atoms with Gasteiger partial charge in [0.25, 0.3) is 0 Å². The average molecular weight is 255 g/mol. The van der Waals surface area contributed by atoms with Crippen LogP contribution >= 0.6 is 0 Å². The largest absolute Gasteiger partial charge is 0.463 e. The Morgan fingerprint density at radius 2 is 2.26 bits per heavy atom. The minimum absolute atomic E-state index is 0.240. The fourth-order valence-corrected chi connectivity index (χ4v) is 2.75. The molecule has 0 spiro atoms. The number of carbonyl (C=O) groups is 1. The fraction of sp³-hybridized carbons (Fsp3) is 0.312. The molecule has 0 atom stereocenters. The summed E-state index contributed by atoms with van der Waals surface area (Å²) in [5, 5.41) is 1.23. The van der Waals surface area contributed by atoms with E-state index in [1.165, 1.54) is 10.9 Å². The van der Waals surface area contributed by atoms with Crippen molar-refractivity contribution in [1.82, 2.24) is 4.57 Å². The smallest absolute Gasteiger partial charge is 0.331 e. The molecule has 98 valence electrons. The molecule has 2 heterocycles. The number of aromatic nitrogens is 1. The lowest BCUT2D eigenvalue weighted by atomic mass is 10.0. The number of allylic oxidation sites excluding steroid dienone is 1. The second-order valence-corrected chi connectivity index (χ2v) is 4.77. The summed E-state index contributed by atoms with van der Waals surface area (Å²) in [5.41, 5.74) is 3.48. The number of para-hydroxylation sites is 1. The van der Waals surface area contributed by atoms with E-state index in [1.807, 2.05) is 13.0 Å². The van der Waals surface area contributed by atoms with Gasteiger partial charge in [-0.2, -0.15) is 0 Å². The normalized spacial score (nSPS) is 16.6. The molecule has 1 aliphatic rings. The minimum atomic E-state index is -0.240. The Bertz CT molecular complexity index is 652. The Morgan fingerprint density at radius 1 is 1.42 bits per heavy atom. The molecular formula is C16H17NO2. The summed E-state index contributed by atoms with van der Waals surface area (Å²) < 4.78 is 7.30. The highest BCUT2D eigenvalue weighted by Crippen LogP contribution is 2.32. The number of esters is 1. The molecule has 1 aliphatic heterocycles. The van der Waals surface area contributed by atoms with Gasteiger partial charge in [0.1, 0.15) is 0 Å². The van der Waals surface area contributed by atoms with E-state index >= 15 is 0 Å². The number of hydrogen-bond donors (Lipinski definition) is 0. The molecule has 0 unspecified atom stereocenters. The molecule has 0 fully saturated rings. The lowest BCUT2D eigenvalue weighted by Gasteiger charge is -2.19. The van der Waals surface area contributed by atoms with Crippen LogP contribution in [0.5, 0.6) is 0 Å². The number of hydrogen-bond acceptors (Lipinski definition) is 2. The van der Waals surface area contributed by atoms with Gasteiger partial charge < -0.3 is 9.30 Å². The number of nitrogens with zero attached hydrogens (tertiary/aromatic N) is 1. The van der Waals surface area contributed by atoms with E-state index in [0.717, 1.165) is 30.7 Å². The third-order valence-corrected chi connectivity index (χ3v) is 3.55. The molecular weight excluding hydrogens is 238 g/mol. The van der Waals surface area contributed by atoms with Crippen LogP contribution in [0.15, 0.2) is 36.4 Å². The van der Waals surface area contributed by atoms with E-state index in [-0.39, 0.29) is 5.97 Å². The van der Waals surface area contributed by atoms with Gasteiger partial charge in [-0.25, -0.2) is 4.79 Å². The van der Waals surface area contributed by atoms with Gasteiger partial charge in [0.05, 0.1) is 6.61 Å². The monoisotopic (exact) mass is 255 g/mol. The number of benzene rings is 1. The molecule has 0 N–H and O–H groups in total. The number of ether oxygens (including phenoxy) is 1. The van der Waals surface area contributed by atoms with Crippen molar-refractivity contribution >= 4 is 22.4 Å². The Hall–Kier alpha value is -2.03. The van der Waals surface area contributed by atoms with E-state index in [9.17, 15) is 4.79 Å². The van der Waals surface area contributed by atoms with Crippen LogP contribution in [-0.2, 0) is 16.1 Å². The molecule has 0 amide bonds. The predicted molar refractivity (Wildman–Crippen MR) is 75.8 cm³/mol. The summed E-state index contributed by atoms with van der Waals surface area (Å²) >= 11 is 0. The zero-order chi connectivity index (χ0) is 13.2. The maximum atomic E-state index is 11.6. The first kappa shape index (κ1) is 12.0. The second-order valence-electron chi connectivity index (χ2n) is 4.77. The van der Waals surface area contributed by atoms with Crippen LogP contribution in [0.2, 0.25) is 0 Å². The van der Waals surface area contributed by atoms with E-state index in [2.05, 4.69) is 28.8 Å². The van der Waals surface area contributed by atoms with E-state index < -0.39 is 0 Å². The predicted octanol–water partition coefficient (Wildman–Crippen LogP) is 3.38. The highest BCUT2D eigenvalue weighted by Gasteiger charge is 2.17. The molecule has 0 radical (unpaired) electrons. The van der Waals surface area contributed by atoms with Crippen LogP contribution in [0, 0.1) is 0 Å². The average Bonchev–Trinajstić information content (AvgIpc) is 2.79. The van der Waals surface area contributed by atoms with Crippen LogP contribution in [-0.4, -0.2) is 17.1 Å². The quantitative estimate of drug-likeness (QED) is 0.608. The highest BCUT2D eigenvalue weighted by atomic mass is 16.5. The SMILES string of the molecule is CCOC(=O)C=C1CCCn2c1cc1ccccc12. The second kappa shape index (κ2) is 4.92. The van der Waals surface area contributed by atoms with Crippen molar-refractivity contribution in [2.45, 2.75) is 26.3 Å². The first-order valence-corrected chi connectivity index (χ1v) is 6.75. The summed E-state index contributed by atoms with van der Waals surface area (Å²) in [7, 11) is 0. The Morgan fingerprint density at radius 3 is 3.11 bits per heavy atom. The first-order chi connectivity index (χ1) is 9.29. The fourth-order valence-electron chi connectivity index (χ4n) is 2.75. The van der Waals surface area contributed by atoms with E-state index in [1.54, 1.807) is 6.08 Å². The van der Waals surface area contributed by atoms with Crippen LogP contribution in [0.1, 0.15) is 25.5 Å². The molecule has 2 aromatic rings. The summed E-state index contributed by atoms with van der Waals surface area (Å²) in [4.78, 5) is 11.6. The topological polar surface area (TPSA) is 31.2 Å². The number of aryl methyl sites for hydroxylation is 1. The highest BCUT2D eigenvalue weighted by molar-refractivity contribution is 5.94. The minimum Gasteiger partial charge on any atom is -0.463 e. The van der Waals surface area contributed by atoms with E-state index in [4.69, 9.17) is 4.74 Å². The zero-order valence-electron chi connectivity index (χ0n) is 11.1. The standard InChI is InChI=1S/C16H17NO2/c1-2-19-16(18)11-13-7-5-9-17-14-8-4-3-6-12(14)10-15(13)17/h3-4,6,8,10-11H,2,5,7,9H2,1H3. The van der Waals surface area contributed by atoms with Crippen molar-refractivity contribution < 1.29 is 9.53 Å². The Kier molecular flexibility index (Phi) is 3.11. The van der Waals surface area contributed by atoms with Crippen LogP contribution in [0.4, 0.5) is 0 Å². The van der Waals surface area contributed by atoms with Gasteiger partial charge in [-0.15, -0.1) is 0 Å². The van der Waals surface area contributed by atoms with Gasteiger partial charge in [-0.3, -0.25) is 0 Å². The molecule has 0 bridgehead atoms. The van der Waals surface area contributed by atoms with Crippen LogP contribution < -0.4 is 0 Å². The molecule has 1 aromatic heterocycles. The van der Waals surface area contributed by atoms with Crippen molar-refractivity contribution in [3.05, 3.63) is 42.1 Å². The molecule has 3 rings (SSSR count). The number of carbonyl (C=O) groups excluding carboxylic acids is 1. The Balaban J connectivity index is 2.07. The van der Waals surface area contributed by atoms with Crippen molar-refractivity contribution in [3.63, 3.8) is 0 Å². The number of fused-ring (bicyclic) bond motifs is 3. The van der Waals surface area contributed by atoms with Crippen molar-refractivity contribution in [3.8, 4) is 0 Å². The molecule has 3 heteroatoms. The summed E-state index contributed by atoms with van der Waals surface area (Å²) in [6, 6.07) is 10.5. The summed E-state index contributed by atoms with van der Waals surface area (Å²) in [5.74, 6) is -0.240. The molecule has 19 heavy (non-hydrogen) atoms. The first-order valence-electron chi connectivity index (χ1n) is 6.75. The van der Waals surface area contributed by atoms with Crippen molar-refractivity contribution in [2.75, 3.05) is 6.61 Å². The zero-order valence-corrected chi connectivity index (χ0v) is 11.1. The maximum Gasteiger partial charge on any atom is 0.331 e. The van der Waals surface area contributed by atoms with Gasteiger partial charge >= 0.3 is 5.97 Å². The molecule has 0 saturated carbocycles. The Labute approximate surface area is 112 Å². The number of rotatable bonds is 2. The van der Waals surface area contributed by atoms with E-state index in [0.29, 0.717) is 6.61 Å². The lowest BCUT2D eigenvalue weighted by molar-refractivity contribution is -0.137. The van der Waals surface area contributed by atoms with Crippen LogP contribution in [0.25, 0.3) is 16.5 Å². The molecule has 0 aliphatic carbocycles. The summed E-state index contributed by atoms with van der Waals surface area (Å²) in [6.07, 6.45) is 3.65. The third kappa shape index (κ3) is 2.16. The third-order valence-electron chi connectivity index (χ3n) is 3.55. The van der Waals surface area contributed by atoms with Gasteiger partial charge in [0.2, 0.25) is 0 Å². The molecule has 0 saturated heterocycles. The van der Waals surface area contributed by atoms with Gasteiger partial charge in [0, 0.05) is 29.2 Å². The van der Waals surface area contributed by atoms with Crippen molar-refractivity contribution in [1.29, 1.82) is 0 Å².